The Morgan fingerprint density at radius 3 is 2.93 bits per heavy atom. The Labute approximate surface area is 80.1 Å². The van der Waals surface area contributed by atoms with Crippen LogP contribution in [0, 0.1) is 5.82 Å². The zero-order valence-corrected chi connectivity index (χ0v) is 7.67. The van der Waals surface area contributed by atoms with Crippen LogP contribution in [0.25, 0.3) is 10.9 Å². The highest BCUT2D eigenvalue weighted by atomic mass is 19.1. The summed E-state index contributed by atoms with van der Waals surface area (Å²) in [5.74, 6) is -0.228. The predicted molar refractivity (Wildman–Crippen MR) is 50.7 cm³/mol. The Hall–Kier alpha value is -1.55. The van der Waals surface area contributed by atoms with Gasteiger partial charge < -0.3 is 14.8 Å². The molecule has 0 aliphatic carbocycles. The van der Waals surface area contributed by atoms with Crippen LogP contribution in [0.2, 0.25) is 0 Å². The number of benzene rings is 1. The van der Waals surface area contributed by atoms with E-state index in [4.69, 9.17) is 9.84 Å². The van der Waals surface area contributed by atoms with Crippen LogP contribution in [0.4, 0.5) is 4.39 Å². The van der Waals surface area contributed by atoms with E-state index in [1.54, 1.807) is 12.3 Å². The number of ether oxygens (including phenoxy) is 1. The topological polar surface area (TPSA) is 45.2 Å². The number of hydrogen-bond donors (Lipinski definition) is 2. The second-order valence-electron chi connectivity index (χ2n) is 2.98. The molecule has 0 spiro atoms. The van der Waals surface area contributed by atoms with Crippen LogP contribution in [0.15, 0.2) is 18.3 Å². The number of halogens is 1. The van der Waals surface area contributed by atoms with Crippen molar-refractivity contribution >= 4 is 10.9 Å². The molecule has 0 saturated heterocycles. The molecule has 1 aromatic carbocycles. The van der Waals surface area contributed by atoms with E-state index >= 15 is 0 Å². The monoisotopic (exact) mass is 195 g/mol. The zero-order valence-electron chi connectivity index (χ0n) is 7.67. The number of aliphatic hydroxyl groups is 1. The largest absolute Gasteiger partial charge is 0.492 e. The summed E-state index contributed by atoms with van der Waals surface area (Å²) in [5, 5.41) is 9.79. The molecular weight excluding hydrogens is 185 g/mol. The molecular formula is C10H10FNO2. The molecule has 0 aliphatic heterocycles. The quantitative estimate of drug-likeness (QED) is 0.767. The second-order valence-corrected chi connectivity index (χ2v) is 2.98. The van der Waals surface area contributed by atoms with Crippen molar-refractivity contribution in [3.8, 4) is 5.75 Å². The minimum absolute atomic E-state index is 0.0746. The van der Waals surface area contributed by atoms with Gasteiger partial charge in [-0.2, -0.15) is 0 Å². The highest BCUT2D eigenvalue weighted by Crippen LogP contribution is 2.29. The van der Waals surface area contributed by atoms with E-state index in [9.17, 15) is 4.39 Å². The van der Waals surface area contributed by atoms with E-state index in [1.165, 1.54) is 13.2 Å². The van der Waals surface area contributed by atoms with Crippen molar-refractivity contribution in [3.05, 3.63) is 29.7 Å². The molecule has 74 valence electrons. The number of H-pyrrole nitrogens is 1. The Morgan fingerprint density at radius 1 is 1.50 bits per heavy atom. The summed E-state index contributed by atoms with van der Waals surface area (Å²) < 4.78 is 18.2. The maximum Gasteiger partial charge on any atom is 0.178 e. The summed E-state index contributed by atoms with van der Waals surface area (Å²) >= 11 is 0. The van der Waals surface area contributed by atoms with Gasteiger partial charge >= 0.3 is 0 Å². The molecule has 0 radical (unpaired) electrons. The summed E-state index contributed by atoms with van der Waals surface area (Å²) in [6.45, 7) is -0.0746. The van der Waals surface area contributed by atoms with Gasteiger partial charge in [0.2, 0.25) is 0 Å². The fraction of sp³-hybridized carbons (Fsp3) is 0.200. The van der Waals surface area contributed by atoms with Crippen molar-refractivity contribution in [1.82, 2.24) is 4.98 Å². The van der Waals surface area contributed by atoms with Crippen LogP contribution in [-0.4, -0.2) is 17.2 Å². The van der Waals surface area contributed by atoms with E-state index in [2.05, 4.69) is 4.98 Å². The van der Waals surface area contributed by atoms with Crippen molar-refractivity contribution in [2.75, 3.05) is 7.11 Å². The summed E-state index contributed by atoms with van der Waals surface area (Å²) in [7, 11) is 1.41. The number of methoxy groups -OCH3 is 1. The van der Waals surface area contributed by atoms with Crippen LogP contribution < -0.4 is 4.74 Å². The van der Waals surface area contributed by atoms with Crippen molar-refractivity contribution < 1.29 is 14.2 Å². The first-order valence-corrected chi connectivity index (χ1v) is 4.21. The smallest absolute Gasteiger partial charge is 0.178 e. The lowest BCUT2D eigenvalue weighted by atomic mass is 10.1. The highest BCUT2D eigenvalue weighted by molar-refractivity contribution is 5.88. The third-order valence-electron chi connectivity index (χ3n) is 2.22. The lowest BCUT2D eigenvalue weighted by molar-refractivity contribution is 0.283. The van der Waals surface area contributed by atoms with E-state index in [1.807, 2.05) is 0 Å². The van der Waals surface area contributed by atoms with E-state index in [0.29, 0.717) is 5.52 Å². The van der Waals surface area contributed by atoms with E-state index < -0.39 is 5.82 Å². The summed E-state index contributed by atoms with van der Waals surface area (Å²) in [5.41, 5.74) is 1.31. The molecule has 2 rings (SSSR count). The third-order valence-corrected chi connectivity index (χ3v) is 2.22. The number of aliphatic hydroxyl groups excluding tert-OH is 1. The summed E-state index contributed by atoms with van der Waals surface area (Å²) in [6.07, 6.45) is 1.65. The Morgan fingerprint density at radius 2 is 2.29 bits per heavy atom. The molecule has 3 nitrogen and oxygen atoms in total. The van der Waals surface area contributed by atoms with E-state index in [0.717, 1.165) is 10.9 Å². The maximum atomic E-state index is 13.2. The number of aromatic amines is 1. The molecule has 0 amide bonds. The van der Waals surface area contributed by atoms with Crippen LogP contribution in [0.1, 0.15) is 5.56 Å². The molecule has 1 heterocycles. The van der Waals surface area contributed by atoms with Crippen molar-refractivity contribution in [2.45, 2.75) is 6.61 Å². The Kier molecular flexibility index (Phi) is 2.13. The van der Waals surface area contributed by atoms with Crippen molar-refractivity contribution in [1.29, 1.82) is 0 Å². The standard InChI is InChI=1S/C10H10FNO2/c1-14-10-8(11)3-2-7-6(5-13)4-12-9(7)10/h2-4,12-13H,5H2,1H3. The van der Waals surface area contributed by atoms with Gasteiger partial charge in [-0.1, -0.05) is 0 Å². The van der Waals surface area contributed by atoms with Gasteiger partial charge in [-0.25, -0.2) is 4.39 Å². The van der Waals surface area contributed by atoms with Gasteiger partial charge in [0.15, 0.2) is 11.6 Å². The molecule has 0 bridgehead atoms. The third kappa shape index (κ3) is 1.15. The fourth-order valence-corrected chi connectivity index (χ4v) is 1.54. The maximum absolute atomic E-state index is 13.2. The first-order valence-electron chi connectivity index (χ1n) is 4.21. The molecule has 0 aliphatic rings. The van der Waals surface area contributed by atoms with Crippen LogP contribution in [0.3, 0.4) is 0 Å². The van der Waals surface area contributed by atoms with Crippen LogP contribution in [-0.2, 0) is 6.61 Å². The molecule has 2 N–H and O–H groups in total. The van der Waals surface area contributed by atoms with Gasteiger partial charge in [-0.05, 0) is 12.1 Å². The van der Waals surface area contributed by atoms with Gasteiger partial charge in [-0.15, -0.1) is 0 Å². The SMILES string of the molecule is COc1c(F)ccc2c(CO)c[nH]c12. The lowest BCUT2D eigenvalue weighted by Gasteiger charge is -2.03. The summed E-state index contributed by atoms with van der Waals surface area (Å²) in [4.78, 5) is 2.87. The Bertz CT molecular complexity index is 464. The van der Waals surface area contributed by atoms with Gasteiger partial charge in [0, 0.05) is 17.1 Å². The van der Waals surface area contributed by atoms with Crippen LogP contribution in [0.5, 0.6) is 5.75 Å². The first-order chi connectivity index (χ1) is 6.77. The fourth-order valence-electron chi connectivity index (χ4n) is 1.54. The number of hydrogen-bond acceptors (Lipinski definition) is 2. The number of aromatic nitrogens is 1. The average molecular weight is 195 g/mol. The van der Waals surface area contributed by atoms with Gasteiger partial charge in [-0.3, -0.25) is 0 Å². The van der Waals surface area contributed by atoms with Gasteiger partial charge in [0.05, 0.1) is 19.2 Å². The molecule has 0 fully saturated rings. The number of nitrogens with one attached hydrogen (secondary N) is 1. The molecule has 2 aromatic rings. The molecule has 14 heavy (non-hydrogen) atoms. The van der Waals surface area contributed by atoms with Gasteiger partial charge in [0.1, 0.15) is 0 Å². The average Bonchev–Trinajstić information content (AvgIpc) is 2.60. The molecule has 1 aromatic heterocycles. The van der Waals surface area contributed by atoms with Gasteiger partial charge in [0.25, 0.3) is 0 Å². The predicted octanol–water partition coefficient (Wildman–Crippen LogP) is 1.81. The Balaban J connectivity index is 2.76. The minimum atomic E-state index is -0.411. The lowest BCUT2D eigenvalue weighted by Crippen LogP contribution is -1.89. The molecule has 0 unspecified atom stereocenters. The number of fused-ring (bicyclic) bond motifs is 1. The minimum Gasteiger partial charge on any atom is -0.492 e. The normalized spacial score (nSPS) is 10.8. The van der Waals surface area contributed by atoms with Crippen molar-refractivity contribution in [2.24, 2.45) is 0 Å². The molecule has 0 saturated carbocycles. The van der Waals surface area contributed by atoms with Crippen LogP contribution >= 0.6 is 0 Å². The molecule has 4 heteroatoms. The van der Waals surface area contributed by atoms with E-state index in [-0.39, 0.29) is 12.4 Å². The highest BCUT2D eigenvalue weighted by Gasteiger charge is 2.11. The van der Waals surface area contributed by atoms with Crippen molar-refractivity contribution in [3.63, 3.8) is 0 Å². The second kappa shape index (κ2) is 3.31. The summed E-state index contributed by atoms with van der Waals surface area (Å²) in [6, 6.07) is 2.95. The first kappa shape index (κ1) is 9.02. The molecule has 0 atom stereocenters. The number of rotatable bonds is 2. The zero-order chi connectivity index (χ0) is 10.1.